The van der Waals surface area contributed by atoms with E-state index in [-0.39, 0.29) is 12.1 Å². The molecule has 2 fully saturated rings. The Labute approximate surface area is 222 Å². The van der Waals surface area contributed by atoms with Crippen molar-refractivity contribution < 1.29 is 9.47 Å². The highest BCUT2D eigenvalue weighted by molar-refractivity contribution is 7.80. The Bertz CT molecular complexity index is 1370. The third-order valence-corrected chi connectivity index (χ3v) is 7.34. The van der Waals surface area contributed by atoms with Crippen LogP contribution in [0, 0.1) is 0 Å². The molecule has 37 heavy (non-hydrogen) atoms. The number of thiocarbonyl (C=S) groups is 1. The number of nitrogens with one attached hydrogen (secondary N) is 1. The Morgan fingerprint density at radius 2 is 1.68 bits per heavy atom. The smallest absolute Gasteiger partial charge is 0.174 e. The van der Waals surface area contributed by atoms with Gasteiger partial charge in [0, 0.05) is 42.6 Å². The summed E-state index contributed by atoms with van der Waals surface area (Å²) in [5.74, 6) is 0.810. The van der Waals surface area contributed by atoms with Crippen molar-refractivity contribution in [2.75, 3.05) is 43.2 Å². The van der Waals surface area contributed by atoms with E-state index in [1.807, 2.05) is 36.5 Å². The van der Waals surface area contributed by atoms with Crippen LogP contribution in [0.5, 0.6) is 5.75 Å². The average Bonchev–Trinajstić information content (AvgIpc) is 3.58. The lowest BCUT2D eigenvalue weighted by Gasteiger charge is -2.31. The second-order valence-electron chi connectivity index (χ2n) is 9.09. The van der Waals surface area contributed by atoms with Gasteiger partial charge in [0.25, 0.3) is 0 Å². The summed E-state index contributed by atoms with van der Waals surface area (Å²) in [5.41, 5.74) is 5.23. The predicted octanol–water partition coefficient (Wildman–Crippen LogP) is 4.89. The van der Waals surface area contributed by atoms with Crippen LogP contribution >= 0.6 is 12.2 Å². The molecule has 2 aliphatic rings. The minimum Gasteiger partial charge on any atom is -0.495 e. The zero-order valence-electron chi connectivity index (χ0n) is 20.7. The van der Waals surface area contributed by atoms with Crippen LogP contribution in [-0.4, -0.2) is 48.1 Å². The molecule has 6 rings (SSSR count). The molecule has 188 valence electrons. The average molecular weight is 512 g/mol. The van der Waals surface area contributed by atoms with Crippen LogP contribution in [0.3, 0.4) is 0 Å². The number of pyridine rings is 1. The molecule has 2 aliphatic heterocycles. The quantitative estimate of drug-likeness (QED) is 0.370. The minimum absolute atomic E-state index is 0.128. The van der Waals surface area contributed by atoms with Gasteiger partial charge in [-0.2, -0.15) is 0 Å². The first-order valence-corrected chi connectivity index (χ1v) is 12.9. The molecule has 4 heterocycles. The molecule has 8 heteroatoms. The van der Waals surface area contributed by atoms with E-state index in [9.17, 15) is 0 Å². The van der Waals surface area contributed by atoms with Crippen LogP contribution in [-0.2, 0) is 4.74 Å². The summed E-state index contributed by atoms with van der Waals surface area (Å²) in [6.07, 6.45) is 3.90. The van der Waals surface area contributed by atoms with Crippen LogP contribution in [0.1, 0.15) is 23.5 Å². The Balaban J connectivity index is 1.43. The normalized spacial score (nSPS) is 19.6. The fourth-order valence-corrected chi connectivity index (χ4v) is 5.61. The van der Waals surface area contributed by atoms with Crippen LogP contribution in [0.15, 0.2) is 91.3 Å². The lowest BCUT2D eigenvalue weighted by molar-refractivity contribution is 0.122. The van der Waals surface area contributed by atoms with E-state index in [0.29, 0.717) is 5.11 Å². The zero-order chi connectivity index (χ0) is 25.2. The Hall–Kier alpha value is -3.88. The van der Waals surface area contributed by atoms with Gasteiger partial charge in [-0.1, -0.05) is 18.2 Å². The second kappa shape index (κ2) is 10.2. The van der Waals surface area contributed by atoms with Gasteiger partial charge in [0.15, 0.2) is 5.11 Å². The Kier molecular flexibility index (Phi) is 6.51. The molecular formula is C29H29N5O2S. The summed E-state index contributed by atoms with van der Waals surface area (Å²) in [6, 6.07) is 26.7. The Morgan fingerprint density at radius 1 is 0.919 bits per heavy atom. The van der Waals surface area contributed by atoms with Crippen LogP contribution in [0.4, 0.5) is 11.4 Å². The molecule has 2 aromatic heterocycles. The van der Waals surface area contributed by atoms with Gasteiger partial charge >= 0.3 is 0 Å². The summed E-state index contributed by atoms with van der Waals surface area (Å²) < 4.78 is 13.4. The van der Waals surface area contributed by atoms with E-state index in [1.54, 1.807) is 7.11 Å². The number of ether oxygens (including phenoxy) is 2. The number of morpholine rings is 1. The molecule has 0 saturated carbocycles. The first-order chi connectivity index (χ1) is 18.2. The number of benzene rings is 2. The van der Waals surface area contributed by atoms with E-state index < -0.39 is 0 Å². The number of para-hydroxylation sites is 2. The van der Waals surface area contributed by atoms with Gasteiger partial charge in [-0.25, -0.2) is 0 Å². The molecule has 2 atom stereocenters. The van der Waals surface area contributed by atoms with Crippen molar-refractivity contribution in [3.8, 4) is 11.4 Å². The van der Waals surface area contributed by atoms with E-state index in [1.165, 1.54) is 5.69 Å². The molecule has 2 aromatic carbocycles. The highest BCUT2D eigenvalue weighted by atomic mass is 32.1. The Morgan fingerprint density at radius 3 is 2.43 bits per heavy atom. The van der Waals surface area contributed by atoms with E-state index in [4.69, 9.17) is 26.7 Å². The molecule has 7 nitrogen and oxygen atoms in total. The first kappa shape index (κ1) is 23.5. The zero-order valence-corrected chi connectivity index (χ0v) is 21.5. The van der Waals surface area contributed by atoms with Crippen molar-refractivity contribution in [3.05, 3.63) is 103 Å². The summed E-state index contributed by atoms with van der Waals surface area (Å²) in [7, 11) is 1.70. The molecule has 0 aliphatic carbocycles. The minimum atomic E-state index is -0.129. The van der Waals surface area contributed by atoms with Crippen molar-refractivity contribution >= 4 is 28.7 Å². The van der Waals surface area contributed by atoms with Gasteiger partial charge < -0.3 is 29.2 Å². The molecule has 0 bridgehead atoms. The van der Waals surface area contributed by atoms with Gasteiger partial charge in [-0.05, 0) is 72.9 Å². The maximum absolute atomic E-state index is 5.94. The van der Waals surface area contributed by atoms with Crippen molar-refractivity contribution in [3.63, 3.8) is 0 Å². The lowest BCUT2D eigenvalue weighted by Crippen LogP contribution is -2.36. The number of hydrogen-bond donors (Lipinski definition) is 1. The second-order valence-corrected chi connectivity index (χ2v) is 9.47. The summed E-state index contributed by atoms with van der Waals surface area (Å²) in [6.45, 7) is 3.32. The fourth-order valence-electron chi connectivity index (χ4n) is 5.26. The van der Waals surface area contributed by atoms with Crippen LogP contribution in [0.25, 0.3) is 5.69 Å². The maximum atomic E-state index is 5.94. The molecule has 1 N–H and O–H groups in total. The van der Waals surface area contributed by atoms with Crippen molar-refractivity contribution in [1.29, 1.82) is 0 Å². The monoisotopic (exact) mass is 511 g/mol. The van der Waals surface area contributed by atoms with E-state index in [2.05, 4.69) is 74.4 Å². The maximum Gasteiger partial charge on any atom is 0.174 e. The van der Waals surface area contributed by atoms with Gasteiger partial charge in [-0.15, -0.1) is 0 Å². The highest BCUT2D eigenvalue weighted by Gasteiger charge is 2.42. The molecular weight excluding hydrogens is 482 g/mol. The summed E-state index contributed by atoms with van der Waals surface area (Å²) in [5, 5.41) is 4.24. The van der Waals surface area contributed by atoms with Gasteiger partial charge in [-0.3, -0.25) is 4.98 Å². The molecule has 2 saturated heterocycles. The van der Waals surface area contributed by atoms with Crippen molar-refractivity contribution in [2.45, 2.75) is 12.1 Å². The summed E-state index contributed by atoms with van der Waals surface area (Å²) in [4.78, 5) is 9.26. The van der Waals surface area contributed by atoms with Crippen molar-refractivity contribution in [1.82, 2.24) is 14.9 Å². The fraction of sp³-hybridized carbons (Fsp3) is 0.241. The third kappa shape index (κ3) is 4.43. The number of rotatable bonds is 6. The largest absolute Gasteiger partial charge is 0.495 e. The standard InChI is InChI=1S/C29H29N5O2S/c1-35-26-10-3-2-8-24(26)33-16-6-9-25(33)28-27(23-7-4-5-15-30-23)31-29(37)34(28)22-13-11-21(12-14-22)32-17-19-36-20-18-32/h2-16,27-28H,17-20H2,1H3,(H,31,37)/t27-,28-/m1/s1. The number of hydrogen-bond acceptors (Lipinski definition) is 5. The molecule has 0 amide bonds. The van der Waals surface area contributed by atoms with E-state index >= 15 is 0 Å². The summed E-state index contributed by atoms with van der Waals surface area (Å²) >= 11 is 5.94. The first-order valence-electron chi connectivity index (χ1n) is 12.5. The number of methoxy groups -OCH3 is 1. The SMILES string of the molecule is COc1ccccc1-n1cccc1[C@@H]1[C@@H](c2ccccn2)NC(=S)N1c1ccc(N2CCOCC2)cc1. The third-order valence-electron chi connectivity index (χ3n) is 7.03. The highest BCUT2D eigenvalue weighted by Crippen LogP contribution is 2.43. The molecule has 0 unspecified atom stereocenters. The number of aromatic nitrogens is 2. The van der Waals surface area contributed by atoms with Gasteiger partial charge in [0.05, 0.1) is 37.7 Å². The van der Waals surface area contributed by atoms with Gasteiger partial charge in [0.1, 0.15) is 11.8 Å². The van der Waals surface area contributed by atoms with E-state index in [0.717, 1.165) is 54.8 Å². The number of nitrogens with zero attached hydrogens (tertiary/aromatic N) is 4. The predicted molar refractivity (Wildman–Crippen MR) is 150 cm³/mol. The van der Waals surface area contributed by atoms with Crippen LogP contribution in [0.2, 0.25) is 0 Å². The molecule has 0 spiro atoms. The topological polar surface area (TPSA) is 54.8 Å². The lowest BCUT2D eigenvalue weighted by atomic mass is 10.0. The van der Waals surface area contributed by atoms with Crippen molar-refractivity contribution in [2.24, 2.45) is 0 Å². The van der Waals surface area contributed by atoms with Crippen LogP contribution < -0.4 is 19.9 Å². The molecule has 4 aromatic rings. The molecule has 0 radical (unpaired) electrons. The van der Waals surface area contributed by atoms with Gasteiger partial charge in [0.2, 0.25) is 0 Å². The number of anilines is 2.